The van der Waals surface area contributed by atoms with Crippen molar-refractivity contribution in [3.63, 3.8) is 0 Å². The van der Waals surface area contributed by atoms with Crippen LogP contribution in [-0.4, -0.2) is 30.4 Å². The third-order valence-electron chi connectivity index (χ3n) is 2.89. The molecule has 20 heavy (non-hydrogen) atoms. The first-order chi connectivity index (χ1) is 9.37. The third-order valence-corrected chi connectivity index (χ3v) is 2.89. The lowest BCUT2D eigenvalue weighted by molar-refractivity contribution is -0.155. The highest BCUT2D eigenvalue weighted by molar-refractivity contribution is 5.71. The number of aliphatic hydroxyl groups is 1. The maximum Gasteiger partial charge on any atom is 0.306 e. The smallest absolute Gasteiger partial charge is 0.306 e. The van der Waals surface area contributed by atoms with Gasteiger partial charge in [-0.1, -0.05) is 18.2 Å². The first-order valence-corrected chi connectivity index (χ1v) is 6.83. The number of carbonyl (C=O) groups is 1. The van der Waals surface area contributed by atoms with Crippen LogP contribution in [0, 0.1) is 0 Å². The molecule has 1 aromatic carbocycles. The van der Waals surface area contributed by atoms with Gasteiger partial charge in [0.15, 0.2) is 0 Å². The van der Waals surface area contributed by atoms with Crippen LogP contribution in [0.2, 0.25) is 0 Å². The van der Waals surface area contributed by atoms with Gasteiger partial charge < -0.3 is 14.6 Å². The molecule has 0 aliphatic carbocycles. The summed E-state index contributed by atoms with van der Waals surface area (Å²) in [6, 6.07) is 7.56. The van der Waals surface area contributed by atoms with Crippen molar-refractivity contribution in [1.29, 1.82) is 0 Å². The fourth-order valence-corrected chi connectivity index (χ4v) is 2.11. The molecule has 1 aromatic rings. The summed E-state index contributed by atoms with van der Waals surface area (Å²) in [6.07, 6.45) is 0.734. The number of hydrogen-bond acceptors (Lipinski definition) is 4. The molecule has 0 fully saturated rings. The highest BCUT2D eigenvalue weighted by Crippen LogP contribution is 2.31. The van der Waals surface area contributed by atoms with Crippen molar-refractivity contribution >= 4 is 5.97 Å². The summed E-state index contributed by atoms with van der Waals surface area (Å²) < 4.78 is 10.7. The second kappa shape index (κ2) is 7.29. The molecule has 0 saturated carbocycles. The summed E-state index contributed by atoms with van der Waals surface area (Å²) in [5.74, 6) is 0.363. The Morgan fingerprint density at radius 1 is 1.30 bits per heavy atom. The third kappa shape index (κ3) is 5.21. The highest BCUT2D eigenvalue weighted by Gasteiger charge is 2.23. The maximum atomic E-state index is 12.0. The minimum atomic E-state index is -0.498. The number of rotatable bonds is 6. The zero-order valence-corrected chi connectivity index (χ0v) is 12.7. The molecule has 0 saturated heterocycles. The molecule has 112 valence electrons. The van der Waals surface area contributed by atoms with Crippen molar-refractivity contribution in [2.45, 2.75) is 45.1 Å². The standard InChI is InChI=1S/C16H24O4/c1-16(2,3)20-15(18)11-12(9-10-17)13-7-5-6-8-14(13)19-4/h5-8,12,17H,9-11H2,1-4H3. The normalized spacial score (nSPS) is 12.8. The van der Waals surface area contributed by atoms with E-state index < -0.39 is 5.60 Å². The predicted octanol–water partition coefficient (Wildman–Crippen LogP) is 2.89. The van der Waals surface area contributed by atoms with Crippen LogP contribution in [0.15, 0.2) is 24.3 Å². The summed E-state index contributed by atoms with van der Waals surface area (Å²) >= 11 is 0. The van der Waals surface area contributed by atoms with E-state index in [2.05, 4.69) is 0 Å². The van der Waals surface area contributed by atoms with Crippen LogP contribution in [0.3, 0.4) is 0 Å². The molecule has 0 spiro atoms. The van der Waals surface area contributed by atoms with E-state index in [1.807, 2.05) is 45.0 Å². The Balaban J connectivity index is 2.86. The van der Waals surface area contributed by atoms with E-state index in [-0.39, 0.29) is 24.9 Å². The van der Waals surface area contributed by atoms with E-state index in [0.717, 1.165) is 11.3 Å². The molecule has 0 heterocycles. The summed E-state index contributed by atoms with van der Waals surface area (Å²) in [7, 11) is 1.60. The van der Waals surface area contributed by atoms with Gasteiger partial charge in [-0.3, -0.25) is 4.79 Å². The van der Waals surface area contributed by atoms with Crippen molar-refractivity contribution in [3.8, 4) is 5.75 Å². The zero-order valence-electron chi connectivity index (χ0n) is 12.7. The number of ether oxygens (including phenoxy) is 2. The Kier molecular flexibility index (Phi) is 6.02. The SMILES string of the molecule is COc1ccccc1C(CCO)CC(=O)OC(C)(C)C. The van der Waals surface area contributed by atoms with Crippen molar-refractivity contribution in [3.05, 3.63) is 29.8 Å². The lowest BCUT2D eigenvalue weighted by Crippen LogP contribution is -2.25. The number of aliphatic hydroxyl groups excluding tert-OH is 1. The Bertz CT molecular complexity index is 434. The quantitative estimate of drug-likeness (QED) is 0.814. The Labute approximate surface area is 120 Å². The van der Waals surface area contributed by atoms with Gasteiger partial charge in [0, 0.05) is 12.5 Å². The van der Waals surface area contributed by atoms with Gasteiger partial charge in [-0.05, 0) is 38.8 Å². The Hall–Kier alpha value is -1.55. The Morgan fingerprint density at radius 2 is 1.95 bits per heavy atom. The summed E-state index contributed by atoms with van der Waals surface area (Å²) in [6.45, 7) is 5.55. The monoisotopic (exact) mass is 280 g/mol. The number of esters is 1. The fourth-order valence-electron chi connectivity index (χ4n) is 2.11. The topological polar surface area (TPSA) is 55.8 Å². The van der Waals surface area contributed by atoms with Gasteiger partial charge in [0.2, 0.25) is 0 Å². The molecule has 1 unspecified atom stereocenters. The van der Waals surface area contributed by atoms with Crippen LogP contribution in [0.4, 0.5) is 0 Å². The van der Waals surface area contributed by atoms with Crippen molar-refractivity contribution in [1.82, 2.24) is 0 Å². The number of benzene rings is 1. The van der Waals surface area contributed by atoms with Crippen LogP contribution in [0.25, 0.3) is 0 Å². The molecule has 0 aliphatic heterocycles. The average molecular weight is 280 g/mol. The van der Waals surface area contributed by atoms with Crippen molar-refractivity contribution < 1.29 is 19.4 Å². The number of methoxy groups -OCH3 is 1. The molecule has 0 aliphatic rings. The second-order valence-electron chi connectivity index (χ2n) is 5.74. The average Bonchev–Trinajstić information content (AvgIpc) is 2.36. The van der Waals surface area contributed by atoms with Gasteiger partial charge in [-0.25, -0.2) is 0 Å². The first kappa shape index (κ1) is 16.5. The molecule has 4 nitrogen and oxygen atoms in total. The lowest BCUT2D eigenvalue weighted by atomic mass is 9.92. The van der Waals surface area contributed by atoms with Gasteiger partial charge in [0.05, 0.1) is 13.5 Å². The number of para-hydroxylation sites is 1. The predicted molar refractivity (Wildman–Crippen MR) is 77.9 cm³/mol. The molecular weight excluding hydrogens is 256 g/mol. The van der Waals surface area contributed by atoms with Crippen LogP contribution in [0.1, 0.15) is 45.1 Å². The molecule has 0 bridgehead atoms. The van der Waals surface area contributed by atoms with Crippen LogP contribution in [0.5, 0.6) is 5.75 Å². The minimum Gasteiger partial charge on any atom is -0.496 e. The van der Waals surface area contributed by atoms with Crippen molar-refractivity contribution in [2.75, 3.05) is 13.7 Å². The van der Waals surface area contributed by atoms with E-state index >= 15 is 0 Å². The van der Waals surface area contributed by atoms with E-state index in [9.17, 15) is 9.90 Å². The van der Waals surface area contributed by atoms with Gasteiger partial charge in [-0.15, -0.1) is 0 Å². The first-order valence-electron chi connectivity index (χ1n) is 6.83. The van der Waals surface area contributed by atoms with E-state index in [0.29, 0.717) is 6.42 Å². The van der Waals surface area contributed by atoms with Crippen LogP contribution in [-0.2, 0) is 9.53 Å². The van der Waals surface area contributed by atoms with Gasteiger partial charge >= 0.3 is 5.97 Å². The molecule has 0 aromatic heterocycles. The molecule has 0 amide bonds. The Morgan fingerprint density at radius 3 is 2.50 bits per heavy atom. The van der Waals surface area contributed by atoms with Crippen LogP contribution < -0.4 is 4.74 Å². The van der Waals surface area contributed by atoms with E-state index in [1.54, 1.807) is 7.11 Å². The highest BCUT2D eigenvalue weighted by atomic mass is 16.6. The van der Waals surface area contributed by atoms with E-state index in [4.69, 9.17) is 9.47 Å². The summed E-state index contributed by atoms with van der Waals surface area (Å²) in [5.41, 5.74) is 0.427. The zero-order chi connectivity index (χ0) is 15.2. The maximum absolute atomic E-state index is 12.0. The van der Waals surface area contributed by atoms with Gasteiger partial charge in [0.25, 0.3) is 0 Å². The molecular formula is C16H24O4. The molecule has 0 radical (unpaired) electrons. The molecule has 1 atom stereocenters. The number of hydrogen-bond donors (Lipinski definition) is 1. The summed E-state index contributed by atoms with van der Waals surface area (Å²) in [5, 5.41) is 9.21. The molecule has 4 heteroatoms. The second-order valence-corrected chi connectivity index (χ2v) is 5.74. The molecule has 1 rings (SSSR count). The lowest BCUT2D eigenvalue weighted by Gasteiger charge is -2.23. The van der Waals surface area contributed by atoms with E-state index in [1.165, 1.54) is 0 Å². The number of carbonyl (C=O) groups excluding carboxylic acids is 1. The summed E-state index contributed by atoms with van der Waals surface area (Å²) in [4.78, 5) is 12.0. The fraction of sp³-hybridized carbons (Fsp3) is 0.562. The van der Waals surface area contributed by atoms with Gasteiger partial charge in [-0.2, -0.15) is 0 Å². The van der Waals surface area contributed by atoms with Crippen LogP contribution >= 0.6 is 0 Å². The molecule has 1 N–H and O–H groups in total. The minimum absolute atomic E-state index is 0.0194. The van der Waals surface area contributed by atoms with Crippen molar-refractivity contribution in [2.24, 2.45) is 0 Å². The largest absolute Gasteiger partial charge is 0.496 e. The van der Waals surface area contributed by atoms with Gasteiger partial charge in [0.1, 0.15) is 11.4 Å².